The van der Waals surface area contributed by atoms with E-state index in [1.165, 1.54) is 0 Å². The van der Waals surface area contributed by atoms with E-state index in [1.54, 1.807) is 14.0 Å². The largest absolute Gasteiger partial charge is 0.496 e. The van der Waals surface area contributed by atoms with Gasteiger partial charge in [-0.3, -0.25) is 4.79 Å². The number of benzene rings is 1. The molecule has 1 aromatic carbocycles. The zero-order valence-corrected chi connectivity index (χ0v) is 11.3. The highest BCUT2D eigenvalue weighted by Crippen LogP contribution is 2.33. The number of carboxylic acids is 1. The van der Waals surface area contributed by atoms with Crippen molar-refractivity contribution in [1.82, 2.24) is 0 Å². The second-order valence-electron chi connectivity index (χ2n) is 4.26. The Balaban J connectivity index is 3.20. The van der Waals surface area contributed by atoms with Crippen LogP contribution in [-0.4, -0.2) is 18.2 Å². The molecule has 17 heavy (non-hydrogen) atoms. The molecule has 0 aromatic heterocycles. The summed E-state index contributed by atoms with van der Waals surface area (Å²) in [5, 5.41) is 9.54. The summed E-state index contributed by atoms with van der Waals surface area (Å²) in [4.78, 5) is 10.9. The van der Waals surface area contributed by atoms with Gasteiger partial charge in [0, 0.05) is 5.02 Å². The van der Waals surface area contributed by atoms with E-state index in [0.29, 0.717) is 11.4 Å². The third kappa shape index (κ3) is 2.91. The van der Waals surface area contributed by atoms with Crippen LogP contribution in [-0.2, 0) is 11.2 Å². The van der Waals surface area contributed by atoms with Gasteiger partial charge in [0.15, 0.2) is 0 Å². The van der Waals surface area contributed by atoms with Crippen LogP contribution in [0.2, 0.25) is 5.02 Å². The van der Waals surface area contributed by atoms with E-state index in [4.69, 9.17) is 21.4 Å². The van der Waals surface area contributed by atoms with Gasteiger partial charge in [-0.2, -0.15) is 0 Å². The number of rotatable bonds is 4. The van der Waals surface area contributed by atoms with Crippen LogP contribution >= 0.6 is 11.6 Å². The summed E-state index contributed by atoms with van der Waals surface area (Å²) in [6.45, 7) is 5.49. The summed E-state index contributed by atoms with van der Waals surface area (Å²) < 4.78 is 5.31. The molecule has 0 amide bonds. The quantitative estimate of drug-likeness (QED) is 0.900. The molecule has 1 atom stereocenters. The molecular weight excluding hydrogens is 240 g/mol. The van der Waals surface area contributed by atoms with Crippen molar-refractivity contribution in [2.45, 2.75) is 27.2 Å². The average molecular weight is 257 g/mol. The van der Waals surface area contributed by atoms with Gasteiger partial charge in [-0.25, -0.2) is 0 Å². The minimum Gasteiger partial charge on any atom is -0.496 e. The third-order valence-electron chi connectivity index (χ3n) is 2.92. The number of aliphatic carboxylic acids is 1. The maximum Gasteiger partial charge on any atom is 0.306 e. The lowest BCUT2D eigenvalue weighted by atomic mass is 9.95. The van der Waals surface area contributed by atoms with Crippen molar-refractivity contribution in [2.75, 3.05) is 7.11 Å². The van der Waals surface area contributed by atoms with Crippen molar-refractivity contribution in [1.29, 1.82) is 0 Å². The molecule has 0 saturated carbocycles. The second-order valence-corrected chi connectivity index (χ2v) is 4.66. The first-order chi connectivity index (χ1) is 7.88. The van der Waals surface area contributed by atoms with Crippen LogP contribution < -0.4 is 4.74 Å². The molecule has 4 heteroatoms. The third-order valence-corrected chi connectivity index (χ3v) is 3.26. The number of halogens is 1. The van der Waals surface area contributed by atoms with Crippen molar-refractivity contribution < 1.29 is 14.6 Å². The van der Waals surface area contributed by atoms with Crippen molar-refractivity contribution in [3.8, 4) is 5.75 Å². The SMILES string of the molecule is COc1c(C)cc(Cl)c(CC(C)C(=O)O)c1C. The molecule has 3 nitrogen and oxygen atoms in total. The Bertz CT molecular complexity index is 441. The minimum absolute atomic E-state index is 0.413. The first-order valence-electron chi connectivity index (χ1n) is 5.43. The predicted octanol–water partition coefficient (Wildman–Crippen LogP) is 3.23. The topological polar surface area (TPSA) is 46.5 Å². The summed E-state index contributed by atoms with van der Waals surface area (Å²) in [5.74, 6) is -0.499. The second kappa shape index (κ2) is 5.41. The van der Waals surface area contributed by atoms with Gasteiger partial charge in [-0.1, -0.05) is 18.5 Å². The molecule has 0 fully saturated rings. The molecular formula is C13H17ClO3. The fourth-order valence-electron chi connectivity index (χ4n) is 1.91. The minimum atomic E-state index is -0.819. The molecule has 0 spiro atoms. The van der Waals surface area contributed by atoms with Gasteiger partial charge in [0.05, 0.1) is 13.0 Å². The molecule has 94 valence electrons. The van der Waals surface area contributed by atoms with Crippen molar-refractivity contribution in [3.05, 3.63) is 27.8 Å². The van der Waals surface area contributed by atoms with E-state index in [9.17, 15) is 4.79 Å². The van der Waals surface area contributed by atoms with Crippen LogP contribution in [0.25, 0.3) is 0 Å². The molecule has 0 saturated heterocycles. The van der Waals surface area contributed by atoms with E-state index in [2.05, 4.69) is 0 Å². The molecule has 0 aliphatic rings. The summed E-state index contributed by atoms with van der Waals surface area (Å²) in [5.41, 5.74) is 2.73. The Labute approximate surface area is 106 Å². The Morgan fingerprint density at radius 1 is 1.53 bits per heavy atom. The lowest BCUT2D eigenvalue weighted by molar-refractivity contribution is -0.141. The smallest absolute Gasteiger partial charge is 0.306 e. The number of carbonyl (C=O) groups is 1. The summed E-state index contributed by atoms with van der Waals surface area (Å²) in [6, 6.07) is 1.82. The summed E-state index contributed by atoms with van der Waals surface area (Å²) >= 11 is 6.16. The van der Waals surface area contributed by atoms with E-state index in [0.717, 1.165) is 22.4 Å². The molecule has 1 rings (SSSR count). The maximum absolute atomic E-state index is 10.9. The first-order valence-corrected chi connectivity index (χ1v) is 5.81. The van der Waals surface area contributed by atoms with Gasteiger partial charge in [0.2, 0.25) is 0 Å². The van der Waals surface area contributed by atoms with E-state index >= 15 is 0 Å². The van der Waals surface area contributed by atoms with E-state index in [-0.39, 0.29) is 0 Å². The number of methoxy groups -OCH3 is 1. The molecule has 1 aromatic rings. The molecule has 1 unspecified atom stereocenters. The maximum atomic E-state index is 10.9. The lowest BCUT2D eigenvalue weighted by Crippen LogP contribution is -2.13. The van der Waals surface area contributed by atoms with Gasteiger partial charge in [0.1, 0.15) is 5.75 Å². The number of hydrogen-bond donors (Lipinski definition) is 1. The molecule has 0 bridgehead atoms. The van der Waals surface area contributed by atoms with Crippen LogP contribution in [0.15, 0.2) is 6.07 Å². The average Bonchev–Trinajstić information content (AvgIpc) is 2.24. The Kier molecular flexibility index (Phi) is 4.40. The zero-order chi connectivity index (χ0) is 13.2. The zero-order valence-electron chi connectivity index (χ0n) is 10.5. The van der Waals surface area contributed by atoms with Crippen molar-refractivity contribution in [2.24, 2.45) is 5.92 Å². The normalized spacial score (nSPS) is 12.3. The van der Waals surface area contributed by atoms with Gasteiger partial charge in [-0.05, 0) is 43.0 Å². The molecule has 0 aliphatic heterocycles. The highest BCUT2D eigenvalue weighted by atomic mass is 35.5. The van der Waals surface area contributed by atoms with Crippen LogP contribution in [0.3, 0.4) is 0 Å². The fourth-order valence-corrected chi connectivity index (χ4v) is 2.30. The summed E-state index contributed by atoms with van der Waals surface area (Å²) in [6.07, 6.45) is 0.413. The highest BCUT2D eigenvalue weighted by molar-refractivity contribution is 6.31. The Morgan fingerprint density at radius 3 is 2.59 bits per heavy atom. The summed E-state index contributed by atoms with van der Waals surface area (Å²) in [7, 11) is 1.60. The van der Waals surface area contributed by atoms with Crippen LogP contribution in [0.5, 0.6) is 5.75 Å². The number of aryl methyl sites for hydroxylation is 1. The molecule has 0 radical (unpaired) electrons. The van der Waals surface area contributed by atoms with Gasteiger partial charge < -0.3 is 9.84 Å². The number of carboxylic acid groups (broad SMARTS) is 1. The van der Waals surface area contributed by atoms with Gasteiger partial charge in [-0.15, -0.1) is 0 Å². The predicted molar refractivity (Wildman–Crippen MR) is 68.0 cm³/mol. The van der Waals surface area contributed by atoms with Crippen LogP contribution in [0.4, 0.5) is 0 Å². The Hall–Kier alpha value is -1.22. The van der Waals surface area contributed by atoms with Crippen molar-refractivity contribution >= 4 is 17.6 Å². The fraction of sp³-hybridized carbons (Fsp3) is 0.462. The van der Waals surface area contributed by atoms with E-state index in [1.807, 2.05) is 19.9 Å². The van der Waals surface area contributed by atoms with Crippen molar-refractivity contribution in [3.63, 3.8) is 0 Å². The lowest BCUT2D eigenvalue weighted by Gasteiger charge is -2.16. The number of hydrogen-bond acceptors (Lipinski definition) is 2. The first kappa shape index (κ1) is 13.8. The molecule has 0 heterocycles. The molecule has 0 aliphatic carbocycles. The van der Waals surface area contributed by atoms with Gasteiger partial charge in [0.25, 0.3) is 0 Å². The number of ether oxygens (including phenoxy) is 1. The van der Waals surface area contributed by atoms with Crippen LogP contribution in [0.1, 0.15) is 23.6 Å². The van der Waals surface area contributed by atoms with Crippen LogP contribution in [0, 0.1) is 19.8 Å². The monoisotopic (exact) mass is 256 g/mol. The van der Waals surface area contributed by atoms with E-state index < -0.39 is 11.9 Å². The highest BCUT2D eigenvalue weighted by Gasteiger charge is 2.18. The standard InChI is InChI=1S/C13H17ClO3/c1-7-6-11(14)10(5-8(2)13(15)16)9(3)12(7)17-4/h6,8H,5H2,1-4H3,(H,15,16). The molecule has 1 N–H and O–H groups in total. The Morgan fingerprint density at radius 2 is 2.12 bits per heavy atom. The van der Waals surface area contributed by atoms with Gasteiger partial charge >= 0.3 is 5.97 Å².